The van der Waals surface area contributed by atoms with Gasteiger partial charge in [-0.3, -0.25) is 4.79 Å². The van der Waals surface area contributed by atoms with Crippen LogP contribution in [0.25, 0.3) is 6.08 Å². The number of hydrogen-bond acceptors (Lipinski definition) is 5. The molecule has 0 heterocycles. The standard InChI is InChI=1S/C21H26N2O3.ClH/c1-22(2)13-17-11-16(12-18(21(17)26)14-23(3)4)20(25)10-7-15-5-8-19(24)9-6-15;/h5-12,24,26H,13-14H2,1-4H3;1H. The molecule has 6 heteroatoms. The fourth-order valence-electron chi connectivity index (χ4n) is 2.68. The lowest BCUT2D eigenvalue weighted by atomic mass is 10.00. The molecule has 0 unspecified atom stereocenters. The van der Waals surface area contributed by atoms with E-state index in [1.807, 2.05) is 38.0 Å². The van der Waals surface area contributed by atoms with Gasteiger partial charge in [0.2, 0.25) is 0 Å². The summed E-state index contributed by atoms with van der Waals surface area (Å²) < 4.78 is 0. The third kappa shape index (κ3) is 6.71. The second-order valence-corrected chi connectivity index (χ2v) is 6.91. The Morgan fingerprint density at radius 3 is 1.85 bits per heavy atom. The number of halogens is 1. The van der Waals surface area contributed by atoms with E-state index in [9.17, 15) is 15.0 Å². The van der Waals surface area contributed by atoms with Crippen LogP contribution in [0.2, 0.25) is 0 Å². The molecule has 0 amide bonds. The number of carbonyl (C=O) groups excluding carboxylic acids is 1. The average Bonchev–Trinajstić information content (AvgIpc) is 2.56. The van der Waals surface area contributed by atoms with Crippen LogP contribution in [0.4, 0.5) is 0 Å². The van der Waals surface area contributed by atoms with E-state index in [-0.39, 0.29) is 29.7 Å². The number of ketones is 1. The van der Waals surface area contributed by atoms with Gasteiger partial charge in [0.05, 0.1) is 0 Å². The molecule has 2 rings (SSSR count). The van der Waals surface area contributed by atoms with Crippen LogP contribution < -0.4 is 0 Å². The minimum atomic E-state index is -0.127. The molecule has 0 aliphatic carbocycles. The molecular formula is C21H27ClN2O3. The molecule has 0 radical (unpaired) electrons. The lowest BCUT2D eigenvalue weighted by Crippen LogP contribution is -2.15. The predicted octanol–water partition coefficient (Wildman–Crippen LogP) is 3.54. The van der Waals surface area contributed by atoms with Crippen LogP contribution in [0.1, 0.15) is 27.0 Å². The maximum Gasteiger partial charge on any atom is 0.185 e. The van der Waals surface area contributed by atoms with Crippen LogP contribution >= 0.6 is 12.4 Å². The van der Waals surface area contributed by atoms with Crippen molar-refractivity contribution in [3.05, 3.63) is 64.7 Å². The van der Waals surface area contributed by atoms with E-state index in [0.29, 0.717) is 18.7 Å². The highest BCUT2D eigenvalue weighted by Crippen LogP contribution is 2.27. The Bertz CT molecular complexity index is 769. The minimum absolute atomic E-state index is 0. The SMILES string of the molecule is CN(C)Cc1cc(C(=O)C=Cc2ccc(O)cc2)cc(CN(C)C)c1O.Cl. The van der Waals surface area contributed by atoms with Crippen molar-refractivity contribution in [3.8, 4) is 11.5 Å². The molecule has 2 aromatic carbocycles. The first-order valence-corrected chi connectivity index (χ1v) is 8.42. The molecular weight excluding hydrogens is 364 g/mol. The first kappa shape index (κ1) is 22.7. The number of allylic oxidation sites excluding steroid dienone is 1. The van der Waals surface area contributed by atoms with Gasteiger partial charge in [0.25, 0.3) is 0 Å². The summed E-state index contributed by atoms with van der Waals surface area (Å²) >= 11 is 0. The Hall–Kier alpha value is -2.34. The Morgan fingerprint density at radius 1 is 0.926 bits per heavy atom. The molecule has 2 N–H and O–H groups in total. The van der Waals surface area contributed by atoms with E-state index in [0.717, 1.165) is 16.7 Å². The number of phenols is 2. The zero-order valence-corrected chi connectivity index (χ0v) is 17.0. The Balaban J connectivity index is 0.00000364. The molecule has 146 valence electrons. The Labute approximate surface area is 167 Å². The van der Waals surface area contributed by atoms with Crippen LogP contribution in [0.3, 0.4) is 0 Å². The summed E-state index contributed by atoms with van der Waals surface area (Å²) in [4.78, 5) is 16.5. The average molecular weight is 391 g/mol. The highest BCUT2D eigenvalue weighted by molar-refractivity contribution is 6.07. The molecule has 2 aromatic rings. The number of hydrogen-bond donors (Lipinski definition) is 2. The van der Waals surface area contributed by atoms with Crippen molar-refractivity contribution in [2.45, 2.75) is 13.1 Å². The number of phenolic OH excluding ortho intramolecular Hbond substituents is 2. The first-order valence-electron chi connectivity index (χ1n) is 8.42. The summed E-state index contributed by atoms with van der Waals surface area (Å²) in [6, 6.07) is 10.1. The van der Waals surface area contributed by atoms with Gasteiger partial charge < -0.3 is 20.0 Å². The molecule has 0 aliphatic heterocycles. The van der Waals surface area contributed by atoms with Crippen molar-refractivity contribution in [1.29, 1.82) is 0 Å². The maximum atomic E-state index is 12.6. The topological polar surface area (TPSA) is 64.0 Å². The Kier molecular flexibility index (Phi) is 8.50. The molecule has 0 spiro atoms. The number of rotatable bonds is 7. The van der Waals surface area contributed by atoms with Crippen molar-refractivity contribution < 1.29 is 15.0 Å². The van der Waals surface area contributed by atoms with Crippen LogP contribution in [0.5, 0.6) is 11.5 Å². The quantitative estimate of drug-likeness (QED) is 0.559. The summed E-state index contributed by atoms with van der Waals surface area (Å²) in [7, 11) is 7.68. The molecule has 0 saturated carbocycles. The summed E-state index contributed by atoms with van der Waals surface area (Å²) in [6.45, 7) is 1.10. The van der Waals surface area contributed by atoms with Gasteiger partial charge in [0.1, 0.15) is 11.5 Å². The normalized spacial score (nSPS) is 11.2. The van der Waals surface area contributed by atoms with E-state index >= 15 is 0 Å². The maximum absolute atomic E-state index is 12.6. The van der Waals surface area contributed by atoms with Crippen molar-refractivity contribution in [3.63, 3.8) is 0 Å². The van der Waals surface area contributed by atoms with E-state index in [2.05, 4.69) is 0 Å². The van der Waals surface area contributed by atoms with Crippen LogP contribution in [0.15, 0.2) is 42.5 Å². The largest absolute Gasteiger partial charge is 0.508 e. The van der Waals surface area contributed by atoms with Gasteiger partial charge >= 0.3 is 0 Å². The van der Waals surface area contributed by atoms with Crippen LogP contribution in [-0.2, 0) is 13.1 Å². The van der Waals surface area contributed by atoms with E-state index < -0.39 is 0 Å². The molecule has 27 heavy (non-hydrogen) atoms. The highest BCUT2D eigenvalue weighted by atomic mass is 35.5. The van der Waals surface area contributed by atoms with Crippen molar-refractivity contribution in [2.75, 3.05) is 28.2 Å². The second-order valence-electron chi connectivity index (χ2n) is 6.91. The van der Waals surface area contributed by atoms with Crippen LogP contribution in [-0.4, -0.2) is 54.0 Å². The van der Waals surface area contributed by atoms with Gasteiger partial charge in [-0.15, -0.1) is 12.4 Å². The van der Waals surface area contributed by atoms with Gasteiger partial charge in [-0.25, -0.2) is 0 Å². The summed E-state index contributed by atoms with van der Waals surface area (Å²) in [5, 5.41) is 19.8. The van der Waals surface area contributed by atoms with Crippen LogP contribution in [0, 0.1) is 0 Å². The van der Waals surface area contributed by atoms with Gasteiger partial charge in [-0.1, -0.05) is 18.2 Å². The zero-order chi connectivity index (χ0) is 19.3. The lowest BCUT2D eigenvalue weighted by Gasteiger charge is -2.17. The minimum Gasteiger partial charge on any atom is -0.508 e. The van der Waals surface area contributed by atoms with E-state index in [1.165, 1.54) is 6.08 Å². The number of carbonyl (C=O) groups is 1. The summed E-state index contributed by atoms with van der Waals surface area (Å²) in [5.41, 5.74) is 2.84. The highest BCUT2D eigenvalue weighted by Gasteiger charge is 2.14. The molecule has 0 saturated heterocycles. The van der Waals surface area contributed by atoms with Crippen molar-refractivity contribution in [1.82, 2.24) is 9.80 Å². The Morgan fingerprint density at radius 2 is 1.41 bits per heavy atom. The van der Waals surface area contributed by atoms with Crippen molar-refractivity contribution in [2.24, 2.45) is 0 Å². The van der Waals surface area contributed by atoms with Gasteiger partial charge in [-0.05, 0) is 64.1 Å². The van der Waals surface area contributed by atoms with E-state index in [1.54, 1.807) is 42.5 Å². The van der Waals surface area contributed by atoms with Gasteiger partial charge in [-0.2, -0.15) is 0 Å². The predicted molar refractivity (Wildman–Crippen MR) is 112 cm³/mol. The molecule has 5 nitrogen and oxygen atoms in total. The summed E-state index contributed by atoms with van der Waals surface area (Å²) in [5.74, 6) is 0.304. The van der Waals surface area contributed by atoms with Crippen molar-refractivity contribution >= 4 is 24.3 Å². The molecule has 0 atom stereocenters. The fraction of sp³-hybridized carbons (Fsp3) is 0.286. The molecule has 0 aliphatic rings. The molecule has 0 bridgehead atoms. The monoisotopic (exact) mass is 390 g/mol. The lowest BCUT2D eigenvalue weighted by molar-refractivity contribution is 0.104. The molecule has 0 aromatic heterocycles. The van der Waals surface area contributed by atoms with E-state index in [4.69, 9.17) is 0 Å². The van der Waals surface area contributed by atoms with Gasteiger partial charge in [0.15, 0.2) is 5.78 Å². The number of aromatic hydroxyl groups is 2. The summed E-state index contributed by atoms with van der Waals surface area (Å²) in [6.07, 6.45) is 3.23. The first-order chi connectivity index (χ1) is 12.3. The third-order valence-corrected chi connectivity index (χ3v) is 3.85. The second kappa shape index (κ2) is 10.1. The zero-order valence-electron chi connectivity index (χ0n) is 16.1. The molecule has 0 fully saturated rings. The third-order valence-electron chi connectivity index (χ3n) is 3.85. The number of nitrogens with zero attached hydrogens (tertiary/aromatic N) is 2. The smallest absolute Gasteiger partial charge is 0.185 e. The number of benzene rings is 2. The fourth-order valence-corrected chi connectivity index (χ4v) is 2.68. The van der Waals surface area contributed by atoms with Gasteiger partial charge in [0, 0.05) is 29.8 Å².